The molecule has 1 N–H and O–H groups in total. The van der Waals surface area contributed by atoms with Crippen LogP contribution in [0.4, 0.5) is 4.39 Å². The van der Waals surface area contributed by atoms with Gasteiger partial charge in [0, 0.05) is 0 Å². The molecule has 3 nitrogen and oxygen atoms in total. The summed E-state index contributed by atoms with van der Waals surface area (Å²) >= 11 is 0. The van der Waals surface area contributed by atoms with Gasteiger partial charge in [-0.1, -0.05) is 32.9 Å². The van der Waals surface area contributed by atoms with Crippen molar-refractivity contribution in [1.29, 1.82) is 0 Å². The van der Waals surface area contributed by atoms with E-state index in [4.69, 9.17) is 9.16 Å². The lowest BCUT2D eigenvalue weighted by Gasteiger charge is -2.39. The second-order valence-corrected chi connectivity index (χ2v) is 12.0. The van der Waals surface area contributed by atoms with E-state index < -0.39 is 20.7 Å². The Morgan fingerprint density at radius 2 is 1.73 bits per heavy atom. The second kappa shape index (κ2) is 7.68. The predicted molar refractivity (Wildman–Crippen MR) is 89.8 cm³/mol. The molecule has 0 fully saturated rings. The van der Waals surface area contributed by atoms with Gasteiger partial charge in [-0.2, -0.15) is 0 Å². The molecule has 0 radical (unpaired) electrons. The van der Waals surface area contributed by atoms with Gasteiger partial charge in [0.05, 0.1) is 6.61 Å². The van der Waals surface area contributed by atoms with Crippen LogP contribution in [0.15, 0.2) is 24.3 Å². The summed E-state index contributed by atoms with van der Waals surface area (Å²) < 4.78 is 24.7. The Morgan fingerprint density at radius 3 is 2.18 bits per heavy atom. The number of hydrogen-bond donors (Lipinski definition) is 1. The number of aliphatic hydroxyl groups excluding tert-OH is 1. The maximum absolute atomic E-state index is 12.9. The van der Waals surface area contributed by atoms with Crippen molar-refractivity contribution in [3.63, 3.8) is 0 Å². The molecule has 0 amide bonds. The van der Waals surface area contributed by atoms with Crippen molar-refractivity contribution < 1.29 is 18.7 Å². The van der Waals surface area contributed by atoms with Crippen molar-refractivity contribution in [3.8, 4) is 0 Å². The SMILES string of the molecule is C[C@H](O)[C@H](OCCc1ccc(F)cc1)O[Si](C)(C)C(C)(C)C. The van der Waals surface area contributed by atoms with Crippen molar-refractivity contribution in [2.75, 3.05) is 6.61 Å². The van der Waals surface area contributed by atoms with E-state index in [1.54, 1.807) is 19.1 Å². The Balaban J connectivity index is 2.56. The number of rotatable bonds is 7. The highest BCUT2D eigenvalue weighted by Crippen LogP contribution is 2.37. The maximum atomic E-state index is 12.9. The first-order valence-corrected chi connectivity index (χ1v) is 10.7. The van der Waals surface area contributed by atoms with E-state index in [1.165, 1.54) is 12.1 Å². The Hall–Kier alpha value is -0.753. The van der Waals surface area contributed by atoms with Crippen LogP contribution in [0.3, 0.4) is 0 Å². The number of ether oxygens (including phenoxy) is 1. The van der Waals surface area contributed by atoms with E-state index >= 15 is 0 Å². The average molecular weight is 329 g/mol. The Morgan fingerprint density at radius 1 is 1.18 bits per heavy atom. The molecule has 0 aliphatic heterocycles. The summed E-state index contributed by atoms with van der Waals surface area (Å²) in [5.74, 6) is -0.243. The van der Waals surface area contributed by atoms with E-state index in [9.17, 15) is 9.50 Å². The van der Waals surface area contributed by atoms with Gasteiger partial charge < -0.3 is 14.3 Å². The van der Waals surface area contributed by atoms with Gasteiger partial charge in [0.1, 0.15) is 11.9 Å². The number of hydrogen-bond acceptors (Lipinski definition) is 3. The highest BCUT2D eigenvalue weighted by Gasteiger charge is 2.40. The van der Waals surface area contributed by atoms with E-state index in [0.29, 0.717) is 13.0 Å². The molecular weight excluding hydrogens is 299 g/mol. The van der Waals surface area contributed by atoms with Crippen molar-refractivity contribution >= 4 is 8.32 Å². The third-order valence-electron chi connectivity index (χ3n) is 4.20. The van der Waals surface area contributed by atoms with Gasteiger partial charge in [-0.25, -0.2) is 4.39 Å². The topological polar surface area (TPSA) is 38.7 Å². The smallest absolute Gasteiger partial charge is 0.195 e. The third-order valence-corrected chi connectivity index (χ3v) is 8.63. The first kappa shape index (κ1) is 19.3. The molecule has 22 heavy (non-hydrogen) atoms. The number of halogens is 1. The highest BCUT2D eigenvalue weighted by atomic mass is 28.4. The minimum atomic E-state index is -2.00. The molecule has 0 aliphatic carbocycles. The molecule has 0 heterocycles. The summed E-state index contributed by atoms with van der Waals surface area (Å²) in [6.07, 6.45) is -0.659. The van der Waals surface area contributed by atoms with Crippen LogP contribution in [0, 0.1) is 5.82 Å². The molecule has 0 unspecified atom stereocenters. The zero-order valence-electron chi connectivity index (χ0n) is 14.5. The molecule has 5 heteroatoms. The van der Waals surface area contributed by atoms with Gasteiger partial charge in [-0.15, -0.1) is 0 Å². The molecule has 0 spiro atoms. The quantitative estimate of drug-likeness (QED) is 0.604. The van der Waals surface area contributed by atoms with Gasteiger partial charge >= 0.3 is 0 Å². The van der Waals surface area contributed by atoms with Crippen molar-refractivity contribution in [2.45, 2.75) is 64.6 Å². The van der Waals surface area contributed by atoms with Crippen LogP contribution < -0.4 is 0 Å². The molecule has 0 aliphatic rings. The first-order chi connectivity index (χ1) is 10.0. The molecule has 0 bridgehead atoms. The highest BCUT2D eigenvalue weighted by molar-refractivity contribution is 6.74. The zero-order chi connectivity index (χ0) is 17.0. The summed E-state index contributed by atoms with van der Waals surface area (Å²) in [6, 6.07) is 6.36. The molecule has 0 aromatic heterocycles. The van der Waals surface area contributed by atoms with Gasteiger partial charge in [0.25, 0.3) is 0 Å². The van der Waals surface area contributed by atoms with Crippen LogP contribution in [0.25, 0.3) is 0 Å². The van der Waals surface area contributed by atoms with Crippen molar-refractivity contribution in [3.05, 3.63) is 35.6 Å². The first-order valence-electron chi connectivity index (χ1n) is 7.75. The van der Waals surface area contributed by atoms with Gasteiger partial charge in [-0.3, -0.25) is 0 Å². The van der Waals surface area contributed by atoms with E-state index in [1.807, 2.05) is 0 Å². The lowest BCUT2D eigenvalue weighted by molar-refractivity contribution is -0.145. The largest absolute Gasteiger partial charge is 0.390 e. The van der Waals surface area contributed by atoms with E-state index in [2.05, 4.69) is 33.9 Å². The lowest BCUT2D eigenvalue weighted by atomic mass is 10.2. The normalized spacial score (nSPS) is 15.6. The molecule has 1 aromatic carbocycles. The minimum absolute atomic E-state index is 0.0560. The molecule has 2 atom stereocenters. The Kier molecular flexibility index (Phi) is 6.74. The molecular formula is C17H29FO3Si. The monoisotopic (exact) mass is 328 g/mol. The van der Waals surface area contributed by atoms with Crippen LogP contribution in [-0.2, 0) is 15.6 Å². The molecule has 126 valence electrons. The Bertz CT molecular complexity index is 452. The van der Waals surface area contributed by atoms with E-state index in [-0.39, 0.29) is 10.9 Å². The summed E-state index contributed by atoms with van der Waals surface area (Å²) in [5, 5.41) is 9.95. The minimum Gasteiger partial charge on any atom is -0.390 e. The summed E-state index contributed by atoms with van der Waals surface area (Å²) in [5.41, 5.74) is 0.998. The molecule has 0 saturated heterocycles. The fourth-order valence-electron chi connectivity index (χ4n) is 1.68. The summed E-state index contributed by atoms with van der Waals surface area (Å²) in [4.78, 5) is 0. The third kappa shape index (κ3) is 5.80. The lowest BCUT2D eigenvalue weighted by Crippen LogP contribution is -2.47. The van der Waals surface area contributed by atoms with Crippen LogP contribution in [0.1, 0.15) is 33.3 Å². The summed E-state index contributed by atoms with van der Waals surface area (Å²) in [7, 11) is -2.00. The van der Waals surface area contributed by atoms with Gasteiger partial charge in [0.2, 0.25) is 0 Å². The van der Waals surface area contributed by atoms with Crippen LogP contribution in [0.2, 0.25) is 18.1 Å². The Labute approximate surface area is 134 Å². The van der Waals surface area contributed by atoms with Crippen LogP contribution in [-0.4, -0.2) is 32.4 Å². The zero-order valence-corrected chi connectivity index (χ0v) is 15.5. The fraction of sp³-hybridized carbons (Fsp3) is 0.647. The number of benzene rings is 1. The van der Waals surface area contributed by atoms with Gasteiger partial charge in [0.15, 0.2) is 14.6 Å². The standard InChI is InChI=1S/C17H29FO3Si/c1-13(19)16(21-22(5,6)17(2,3)4)20-12-11-14-7-9-15(18)10-8-14/h7-10,13,16,19H,11-12H2,1-6H3/t13-,16+/m0/s1. The second-order valence-electron chi connectivity index (χ2n) is 7.23. The fourth-order valence-corrected chi connectivity index (χ4v) is 2.88. The molecule has 0 saturated carbocycles. The molecule has 1 rings (SSSR count). The molecule has 1 aromatic rings. The van der Waals surface area contributed by atoms with Crippen LogP contribution >= 0.6 is 0 Å². The number of aliphatic hydroxyl groups is 1. The average Bonchev–Trinajstić information content (AvgIpc) is 2.38. The van der Waals surface area contributed by atoms with Gasteiger partial charge in [-0.05, 0) is 49.2 Å². The van der Waals surface area contributed by atoms with Crippen molar-refractivity contribution in [1.82, 2.24) is 0 Å². The summed E-state index contributed by atoms with van der Waals surface area (Å²) in [6.45, 7) is 12.8. The maximum Gasteiger partial charge on any atom is 0.195 e. The van der Waals surface area contributed by atoms with Crippen molar-refractivity contribution in [2.24, 2.45) is 0 Å². The predicted octanol–water partition coefficient (Wildman–Crippen LogP) is 4.11. The van der Waals surface area contributed by atoms with E-state index in [0.717, 1.165) is 5.56 Å². The van der Waals surface area contributed by atoms with Crippen LogP contribution in [0.5, 0.6) is 0 Å².